The van der Waals surface area contributed by atoms with Gasteiger partial charge in [0.1, 0.15) is 11.2 Å². The summed E-state index contributed by atoms with van der Waals surface area (Å²) in [6.45, 7) is 0. The van der Waals surface area contributed by atoms with E-state index in [0.29, 0.717) is 0 Å². The molecule has 14 aromatic rings. The molecular formula is C78H55N3O. The summed E-state index contributed by atoms with van der Waals surface area (Å²) in [7, 11) is 0. The monoisotopic (exact) mass is 1050 g/mol. The summed E-state index contributed by atoms with van der Waals surface area (Å²) in [5.41, 5.74) is 22.2. The van der Waals surface area contributed by atoms with Crippen molar-refractivity contribution in [3.8, 4) is 55.6 Å². The van der Waals surface area contributed by atoms with Crippen LogP contribution in [0.3, 0.4) is 0 Å². The van der Waals surface area contributed by atoms with Crippen LogP contribution in [-0.4, -0.2) is 0 Å². The molecule has 0 spiro atoms. The molecule has 0 bridgehead atoms. The number of nitrogens with zero attached hydrogens (tertiary/aromatic N) is 3. The first-order chi connectivity index (χ1) is 40.6. The second-order valence-electron chi connectivity index (χ2n) is 20.6. The van der Waals surface area contributed by atoms with E-state index in [9.17, 15) is 0 Å². The van der Waals surface area contributed by atoms with E-state index >= 15 is 0 Å². The Morgan fingerprint density at radius 2 is 0.390 bits per heavy atom. The van der Waals surface area contributed by atoms with E-state index in [1.807, 2.05) is 12.1 Å². The van der Waals surface area contributed by atoms with Crippen LogP contribution in [0.25, 0.3) is 77.6 Å². The molecule has 388 valence electrons. The van der Waals surface area contributed by atoms with Crippen molar-refractivity contribution < 1.29 is 4.42 Å². The van der Waals surface area contributed by atoms with Crippen LogP contribution in [0.15, 0.2) is 338 Å². The van der Waals surface area contributed by atoms with Crippen molar-refractivity contribution in [3.63, 3.8) is 0 Å². The molecule has 0 amide bonds. The van der Waals surface area contributed by atoms with Crippen molar-refractivity contribution in [2.24, 2.45) is 0 Å². The van der Waals surface area contributed by atoms with Crippen molar-refractivity contribution in [2.45, 2.75) is 0 Å². The van der Waals surface area contributed by atoms with Gasteiger partial charge in [0.25, 0.3) is 0 Å². The first-order valence-corrected chi connectivity index (χ1v) is 27.9. The van der Waals surface area contributed by atoms with Crippen LogP contribution in [0.1, 0.15) is 0 Å². The van der Waals surface area contributed by atoms with E-state index in [0.717, 1.165) is 107 Å². The van der Waals surface area contributed by atoms with Crippen LogP contribution in [0, 0.1) is 0 Å². The van der Waals surface area contributed by atoms with E-state index in [1.54, 1.807) is 0 Å². The summed E-state index contributed by atoms with van der Waals surface area (Å²) in [6.07, 6.45) is 0. The van der Waals surface area contributed by atoms with Gasteiger partial charge in [0.2, 0.25) is 0 Å². The summed E-state index contributed by atoms with van der Waals surface area (Å²) in [5, 5.41) is 2.12. The van der Waals surface area contributed by atoms with Gasteiger partial charge in [-0.25, -0.2) is 0 Å². The zero-order chi connectivity index (χ0) is 54.6. The van der Waals surface area contributed by atoms with E-state index in [1.165, 1.54) is 22.3 Å². The van der Waals surface area contributed by atoms with Gasteiger partial charge < -0.3 is 19.1 Å². The minimum atomic E-state index is 0.840. The fraction of sp³-hybridized carbons (Fsp3) is 0. The van der Waals surface area contributed by atoms with Crippen molar-refractivity contribution in [3.05, 3.63) is 334 Å². The smallest absolute Gasteiger partial charge is 0.135 e. The summed E-state index contributed by atoms with van der Waals surface area (Å²) in [6, 6.07) is 120. The molecule has 0 saturated heterocycles. The highest BCUT2D eigenvalue weighted by Gasteiger charge is 2.24. The van der Waals surface area contributed by atoms with Crippen molar-refractivity contribution in [1.29, 1.82) is 0 Å². The number of hydrogen-bond acceptors (Lipinski definition) is 4. The molecule has 0 aliphatic carbocycles. The van der Waals surface area contributed by atoms with Gasteiger partial charge in [0.15, 0.2) is 0 Å². The van der Waals surface area contributed by atoms with Crippen LogP contribution < -0.4 is 14.7 Å². The highest BCUT2D eigenvalue weighted by Crippen LogP contribution is 2.48. The largest absolute Gasteiger partial charge is 0.456 e. The van der Waals surface area contributed by atoms with Gasteiger partial charge in [-0.1, -0.05) is 231 Å². The Bertz CT molecular complexity index is 4080. The minimum absolute atomic E-state index is 0.840. The number of benzene rings is 13. The Balaban J connectivity index is 1.02. The number of anilines is 9. The molecule has 0 atom stereocenters. The lowest BCUT2D eigenvalue weighted by molar-refractivity contribution is 0.669. The quantitative estimate of drug-likeness (QED) is 0.108. The molecule has 4 nitrogen and oxygen atoms in total. The maximum absolute atomic E-state index is 6.47. The summed E-state index contributed by atoms with van der Waals surface area (Å²) >= 11 is 0. The predicted octanol–water partition coefficient (Wildman–Crippen LogP) is 22.3. The molecule has 1 heterocycles. The first-order valence-electron chi connectivity index (χ1n) is 27.9. The molecule has 82 heavy (non-hydrogen) atoms. The van der Waals surface area contributed by atoms with Gasteiger partial charge in [0.05, 0.1) is 17.1 Å². The van der Waals surface area contributed by atoms with E-state index in [2.05, 4.69) is 336 Å². The highest BCUT2D eigenvalue weighted by molar-refractivity contribution is 6.07. The van der Waals surface area contributed by atoms with Crippen LogP contribution in [0.2, 0.25) is 0 Å². The SMILES string of the molecule is c1ccc(-c2ccc(N(c3ccc(-c4ccccc4)cc3)c3cc(N(c4ccc(-c5ccccc5)cc4)c4ccc(-c5ccccc5)cc4)cc(N(c4ccc(-c5ccccc5)cc4)c4ccc5oc6ccccc6c5c4)c3)cc2)cc1. The Labute approximate surface area is 478 Å². The number of fused-ring (bicyclic) bond motifs is 3. The van der Waals surface area contributed by atoms with Gasteiger partial charge in [-0.05, 0) is 159 Å². The van der Waals surface area contributed by atoms with Gasteiger partial charge in [-0.3, -0.25) is 0 Å². The molecule has 13 aromatic carbocycles. The van der Waals surface area contributed by atoms with Gasteiger partial charge in [0, 0.05) is 44.9 Å². The summed E-state index contributed by atoms with van der Waals surface area (Å²) in [5.74, 6) is 0. The highest BCUT2D eigenvalue weighted by atomic mass is 16.3. The average Bonchev–Trinajstić information content (AvgIpc) is 4.08. The van der Waals surface area contributed by atoms with Crippen LogP contribution in [0.5, 0.6) is 0 Å². The Morgan fingerprint density at radius 3 is 0.695 bits per heavy atom. The predicted molar refractivity (Wildman–Crippen MR) is 345 cm³/mol. The Kier molecular flexibility index (Phi) is 13.3. The standard InChI is InChI=1S/C78H55N3O/c1-6-18-56(19-7-1)61-30-40-66(41-31-61)79(67-42-32-62(33-43-67)57-20-8-2-9-21-57)72-52-73(80(68-44-34-63(35-45-68)58-22-10-3-11-23-58)69-46-36-64(37-47-69)59-24-12-4-13-25-59)54-74(53-72)81(70-48-38-65(39-49-70)60-26-14-5-15-27-60)71-50-51-78-76(55-71)75-28-16-17-29-77(75)82-78/h1-55H. The number of rotatable bonds is 14. The third-order valence-corrected chi connectivity index (χ3v) is 15.4. The normalized spacial score (nSPS) is 11.2. The lowest BCUT2D eigenvalue weighted by Crippen LogP contribution is -2.16. The minimum Gasteiger partial charge on any atom is -0.456 e. The molecule has 0 unspecified atom stereocenters. The molecule has 0 fully saturated rings. The van der Waals surface area contributed by atoms with E-state index in [4.69, 9.17) is 4.42 Å². The molecular weight excluding hydrogens is 995 g/mol. The van der Waals surface area contributed by atoms with Crippen LogP contribution in [0.4, 0.5) is 51.2 Å². The number of hydrogen-bond donors (Lipinski definition) is 0. The maximum atomic E-state index is 6.47. The summed E-state index contributed by atoms with van der Waals surface area (Å²) in [4.78, 5) is 7.19. The molecule has 0 aliphatic rings. The second kappa shape index (κ2) is 22.1. The fourth-order valence-electron chi connectivity index (χ4n) is 11.3. The van der Waals surface area contributed by atoms with Crippen LogP contribution in [-0.2, 0) is 0 Å². The van der Waals surface area contributed by atoms with Gasteiger partial charge in [-0.15, -0.1) is 0 Å². The topological polar surface area (TPSA) is 22.9 Å². The number of furan rings is 1. The molecule has 0 N–H and O–H groups in total. The van der Waals surface area contributed by atoms with E-state index < -0.39 is 0 Å². The lowest BCUT2D eigenvalue weighted by Gasteiger charge is -2.33. The lowest BCUT2D eigenvalue weighted by atomic mass is 10.0. The molecule has 0 radical (unpaired) electrons. The van der Waals surface area contributed by atoms with Crippen molar-refractivity contribution >= 4 is 73.1 Å². The first kappa shape index (κ1) is 49.4. The van der Waals surface area contributed by atoms with Gasteiger partial charge >= 0.3 is 0 Å². The summed E-state index contributed by atoms with van der Waals surface area (Å²) < 4.78 is 6.47. The van der Waals surface area contributed by atoms with Gasteiger partial charge in [-0.2, -0.15) is 0 Å². The molecule has 4 heteroatoms. The third-order valence-electron chi connectivity index (χ3n) is 15.4. The molecule has 1 aromatic heterocycles. The third kappa shape index (κ3) is 9.98. The zero-order valence-corrected chi connectivity index (χ0v) is 45.0. The average molecular weight is 1050 g/mol. The maximum Gasteiger partial charge on any atom is 0.135 e. The Morgan fingerprint density at radius 1 is 0.159 bits per heavy atom. The van der Waals surface area contributed by atoms with E-state index in [-0.39, 0.29) is 0 Å². The molecule has 14 rings (SSSR count). The zero-order valence-electron chi connectivity index (χ0n) is 45.0. The van der Waals surface area contributed by atoms with Crippen molar-refractivity contribution in [2.75, 3.05) is 14.7 Å². The number of para-hydroxylation sites is 1. The molecule has 0 saturated carbocycles. The fourth-order valence-corrected chi connectivity index (χ4v) is 11.3. The van der Waals surface area contributed by atoms with Crippen LogP contribution >= 0.6 is 0 Å². The second-order valence-corrected chi connectivity index (χ2v) is 20.6. The molecule has 0 aliphatic heterocycles. The Hall–Kier alpha value is -10.9. The van der Waals surface area contributed by atoms with Crippen molar-refractivity contribution in [1.82, 2.24) is 0 Å².